The minimum atomic E-state index is -0.573. The average molecular weight is 357 g/mol. The molecule has 0 unspecified atom stereocenters. The minimum absolute atomic E-state index is 0.0179. The van der Waals surface area contributed by atoms with Crippen LogP contribution in [0.15, 0.2) is 41.0 Å². The van der Waals surface area contributed by atoms with Gasteiger partial charge in [-0.1, -0.05) is 23.7 Å². The van der Waals surface area contributed by atoms with Gasteiger partial charge in [-0.25, -0.2) is 4.98 Å². The van der Waals surface area contributed by atoms with Crippen LogP contribution in [0.2, 0.25) is 5.15 Å². The van der Waals surface area contributed by atoms with Gasteiger partial charge in [0.1, 0.15) is 10.8 Å². The fourth-order valence-corrected chi connectivity index (χ4v) is 2.03. The van der Waals surface area contributed by atoms with E-state index in [-0.39, 0.29) is 22.1 Å². The van der Waals surface area contributed by atoms with Crippen molar-refractivity contribution in [1.29, 1.82) is 0 Å². The van der Waals surface area contributed by atoms with Crippen LogP contribution in [0.3, 0.4) is 0 Å². The van der Waals surface area contributed by atoms with Gasteiger partial charge in [-0.3, -0.25) is 14.9 Å². The van der Waals surface area contributed by atoms with Crippen LogP contribution in [-0.4, -0.2) is 15.8 Å². The van der Waals surface area contributed by atoms with Crippen LogP contribution < -0.4 is 5.32 Å². The van der Waals surface area contributed by atoms with Gasteiger partial charge in [-0.05, 0) is 28.1 Å². The number of carbonyl (C=O) groups excluding carboxylic acids is 1. The van der Waals surface area contributed by atoms with Crippen LogP contribution in [0.4, 0.5) is 11.4 Å². The molecular formula is C12H7BrClN3O3. The number of nitro benzene ring substituents is 1. The predicted molar refractivity (Wildman–Crippen MR) is 78.0 cm³/mol. The Labute approximate surface area is 127 Å². The van der Waals surface area contributed by atoms with Gasteiger partial charge < -0.3 is 5.32 Å². The molecule has 102 valence electrons. The molecule has 0 radical (unpaired) electrons. The Balaban J connectivity index is 2.33. The summed E-state index contributed by atoms with van der Waals surface area (Å²) in [6, 6.07) is 7.33. The highest BCUT2D eigenvalue weighted by Crippen LogP contribution is 2.25. The molecule has 0 bridgehead atoms. The van der Waals surface area contributed by atoms with Crippen molar-refractivity contribution in [3.63, 3.8) is 0 Å². The third kappa shape index (κ3) is 3.12. The van der Waals surface area contributed by atoms with Crippen LogP contribution in [0, 0.1) is 10.1 Å². The van der Waals surface area contributed by atoms with E-state index in [0.29, 0.717) is 4.47 Å². The summed E-state index contributed by atoms with van der Waals surface area (Å²) < 4.78 is 0.578. The number of benzene rings is 1. The first-order chi connectivity index (χ1) is 9.49. The molecule has 1 aromatic heterocycles. The number of pyridine rings is 1. The Bertz CT molecular complexity index is 693. The summed E-state index contributed by atoms with van der Waals surface area (Å²) in [4.78, 5) is 26.2. The van der Waals surface area contributed by atoms with Gasteiger partial charge in [0.15, 0.2) is 0 Å². The quantitative estimate of drug-likeness (QED) is 0.516. The van der Waals surface area contributed by atoms with E-state index in [4.69, 9.17) is 11.6 Å². The van der Waals surface area contributed by atoms with Gasteiger partial charge in [0, 0.05) is 16.7 Å². The van der Waals surface area contributed by atoms with E-state index < -0.39 is 10.8 Å². The second-order valence-corrected chi connectivity index (χ2v) is 4.99. The van der Waals surface area contributed by atoms with Gasteiger partial charge in [0.2, 0.25) is 0 Å². The zero-order valence-corrected chi connectivity index (χ0v) is 12.2. The summed E-state index contributed by atoms with van der Waals surface area (Å²) in [5, 5.41) is 13.3. The fraction of sp³-hybridized carbons (Fsp3) is 0. The molecule has 2 aromatic rings. The number of hydrogen-bond acceptors (Lipinski definition) is 4. The first kappa shape index (κ1) is 14.4. The predicted octanol–water partition coefficient (Wildman–Crippen LogP) is 3.66. The van der Waals surface area contributed by atoms with Crippen molar-refractivity contribution >= 4 is 44.8 Å². The first-order valence-electron chi connectivity index (χ1n) is 5.35. The molecule has 2 rings (SSSR count). The van der Waals surface area contributed by atoms with E-state index in [1.54, 1.807) is 6.07 Å². The molecular weight excluding hydrogens is 350 g/mol. The Morgan fingerprint density at radius 3 is 2.80 bits per heavy atom. The number of halogens is 2. The normalized spacial score (nSPS) is 10.1. The largest absolute Gasteiger partial charge is 0.316 e. The van der Waals surface area contributed by atoms with Crippen molar-refractivity contribution in [1.82, 2.24) is 4.98 Å². The van der Waals surface area contributed by atoms with Crippen LogP contribution >= 0.6 is 27.5 Å². The van der Waals surface area contributed by atoms with Crippen LogP contribution in [-0.2, 0) is 0 Å². The standard InChI is InChI=1S/C12H7BrClN3O3/c13-7-5-8(11(14)15-6-7)12(18)16-9-3-1-2-4-10(9)17(19)20/h1-6H,(H,16,18). The van der Waals surface area contributed by atoms with Crippen molar-refractivity contribution in [2.75, 3.05) is 5.32 Å². The highest BCUT2D eigenvalue weighted by molar-refractivity contribution is 9.10. The number of carbonyl (C=O) groups is 1. The molecule has 0 saturated carbocycles. The number of nitrogens with one attached hydrogen (secondary N) is 1. The van der Waals surface area contributed by atoms with E-state index in [1.807, 2.05) is 0 Å². The van der Waals surface area contributed by atoms with Crippen molar-refractivity contribution in [3.05, 3.63) is 61.8 Å². The number of nitro groups is 1. The van der Waals surface area contributed by atoms with Gasteiger partial charge in [0.05, 0.1) is 10.5 Å². The van der Waals surface area contributed by atoms with E-state index in [9.17, 15) is 14.9 Å². The molecule has 1 amide bonds. The lowest BCUT2D eigenvalue weighted by Crippen LogP contribution is -2.14. The van der Waals surface area contributed by atoms with Gasteiger partial charge in [-0.15, -0.1) is 0 Å². The highest BCUT2D eigenvalue weighted by Gasteiger charge is 2.18. The molecule has 1 N–H and O–H groups in total. The third-order valence-electron chi connectivity index (χ3n) is 2.40. The molecule has 0 aliphatic rings. The summed E-state index contributed by atoms with van der Waals surface area (Å²) >= 11 is 9.01. The van der Waals surface area contributed by atoms with E-state index >= 15 is 0 Å². The Kier molecular flexibility index (Phi) is 4.31. The van der Waals surface area contributed by atoms with Crippen molar-refractivity contribution in [2.24, 2.45) is 0 Å². The molecule has 8 heteroatoms. The summed E-state index contributed by atoms with van der Waals surface area (Å²) in [7, 11) is 0. The molecule has 1 heterocycles. The van der Waals surface area contributed by atoms with E-state index in [0.717, 1.165) is 0 Å². The second kappa shape index (κ2) is 5.98. The number of rotatable bonds is 3. The van der Waals surface area contributed by atoms with Crippen molar-refractivity contribution < 1.29 is 9.72 Å². The Morgan fingerprint density at radius 2 is 2.10 bits per heavy atom. The number of amides is 1. The lowest BCUT2D eigenvalue weighted by Gasteiger charge is -2.07. The fourth-order valence-electron chi connectivity index (χ4n) is 1.51. The second-order valence-electron chi connectivity index (χ2n) is 3.72. The van der Waals surface area contributed by atoms with E-state index in [1.165, 1.54) is 30.5 Å². The van der Waals surface area contributed by atoms with Gasteiger partial charge in [0.25, 0.3) is 11.6 Å². The van der Waals surface area contributed by atoms with Crippen LogP contribution in [0.25, 0.3) is 0 Å². The zero-order chi connectivity index (χ0) is 14.7. The molecule has 0 fully saturated rings. The summed E-state index contributed by atoms with van der Waals surface area (Å²) in [5.41, 5.74) is 0.0256. The zero-order valence-electron chi connectivity index (χ0n) is 9.84. The molecule has 0 aliphatic heterocycles. The van der Waals surface area contributed by atoms with Gasteiger partial charge >= 0.3 is 0 Å². The average Bonchev–Trinajstić information content (AvgIpc) is 2.41. The summed E-state index contributed by atoms with van der Waals surface area (Å²) in [5.74, 6) is -0.571. The number of anilines is 1. The maximum absolute atomic E-state index is 12.1. The number of aromatic nitrogens is 1. The maximum Gasteiger partial charge on any atom is 0.292 e. The Hall–Kier alpha value is -1.99. The van der Waals surface area contributed by atoms with E-state index in [2.05, 4.69) is 26.2 Å². The smallest absolute Gasteiger partial charge is 0.292 e. The molecule has 0 spiro atoms. The summed E-state index contributed by atoms with van der Waals surface area (Å²) in [6.07, 6.45) is 1.45. The number of para-hydroxylation sites is 2. The Morgan fingerprint density at radius 1 is 1.40 bits per heavy atom. The minimum Gasteiger partial charge on any atom is -0.316 e. The number of hydrogen-bond donors (Lipinski definition) is 1. The lowest BCUT2D eigenvalue weighted by molar-refractivity contribution is -0.383. The van der Waals surface area contributed by atoms with Crippen LogP contribution in [0.5, 0.6) is 0 Å². The SMILES string of the molecule is O=C(Nc1ccccc1[N+](=O)[O-])c1cc(Br)cnc1Cl. The third-order valence-corrected chi connectivity index (χ3v) is 3.13. The molecule has 0 atom stereocenters. The maximum atomic E-state index is 12.1. The summed E-state index contributed by atoms with van der Waals surface area (Å²) in [6.45, 7) is 0. The first-order valence-corrected chi connectivity index (χ1v) is 6.52. The van der Waals surface area contributed by atoms with Crippen molar-refractivity contribution in [3.8, 4) is 0 Å². The highest BCUT2D eigenvalue weighted by atomic mass is 79.9. The lowest BCUT2D eigenvalue weighted by atomic mass is 10.2. The molecule has 0 aliphatic carbocycles. The molecule has 1 aromatic carbocycles. The molecule has 6 nitrogen and oxygen atoms in total. The van der Waals surface area contributed by atoms with Gasteiger partial charge in [-0.2, -0.15) is 0 Å². The van der Waals surface area contributed by atoms with Crippen molar-refractivity contribution in [2.45, 2.75) is 0 Å². The monoisotopic (exact) mass is 355 g/mol. The van der Waals surface area contributed by atoms with Crippen LogP contribution in [0.1, 0.15) is 10.4 Å². The number of nitrogens with zero attached hydrogens (tertiary/aromatic N) is 2. The molecule has 20 heavy (non-hydrogen) atoms. The molecule has 0 saturated heterocycles. The topological polar surface area (TPSA) is 85.1 Å².